The van der Waals surface area contributed by atoms with Gasteiger partial charge in [-0.05, 0) is 50.3 Å². The Morgan fingerprint density at radius 2 is 1.35 bits per heavy atom. The molecule has 2 aliphatic heterocycles. The summed E-state index contributed by atoms with van der Waals surface area (Å²) in [5.41, 5.74) is 2.10. The molecule has 2 atom stereocenters. The first kappa shape index (κ1) is 25.5. The minimum absolute atomic E-state index is 0.0364. The van der Waals surface area contributed by atoms with E-state index < -0.39 is 16.7 Å². The highest BCUT2D eigenvalue weighted by atomic mass is 16.6. The molecule has 0 aliphatic carbocycles. The summed E-state index contributed by atoms with van der Waals surface area (Å²) in [7, 11) is 1.73. The van der Waals surface area contributed by atoms with Crippen molar-refractivity contribution in [2.24, 2.45) is 0 Å². The second-order valence-corrected chi connectivity index (χ2v) is 11.4. The van der Waals surface area contributed by atoms with E-state index in [1.807, 2.05) is 25.7 Å². The molecule has 2 fully saturated rings. The van der Waals surface area contributed by atoms with Crippen LogP contribution in [0.4, 0.5) is 4.79 Å². The topological polar surface area (TPSA) is 42.0 Å². The second-order valence-electron chi connectivity index (χ2n) is 11.4. The molecular weight excluding hydrogens is 460 g/mol. The molecule has 2 bridgehead atoms. The highest BCUT2D eigenvalue weighted by Crippen LogP contribution is 2.49. The summed E-state index contributed by atoms with van der Waals surface area (Å²) in [5.74, 6) is 0. The van der Waals surface area contributed by atoms with E-state index in [-0.39, 0.29) is 12.1 Å². The SMILES string of the molecule is COCC12CCC(CN(C(c3ccccc3)(c3ccccc3)c3ccccc3)C1)N2C(=O)OC(C)(C)C. The number of carbonyl (C=O) groups excluding carboxylic acids is 1. The van der Waals surface area contributed by atoms with E-state index in [1.165, 1.54) is 16.7 Å². The Labute approximate surface area is 221 Å². The van der Waals surface area contributed by atoms with E-state index in [0.29, 0.717) is 13.2 Å². The Hall–Kier alpha value is -3.15. The maximum Gasteiger partial charge on any atom is 0.411 e. The molecule has 3 aromatic rings. The highest BCUT2D eigenvalue weighted by molar-refractivity contribution is 5.71. The molecule has 0 radical (unpaired) electrons. The molecule has 0 N–H and O–H groups in total. The third-order valence-corrected chi connectivity index (χ3v) is 7.79. The van der Waals surface area contributed by atoms with Crippen LogP contribution in [0.1, 0.15) is 50.3 Å². The Bertz CT molecular complexity index is 1090. The standard InChI is InChI=1S/C32H38N2O3/c1-30(2,3)37-29(35)34-28-20-21-31(34,24-36-4)23-33(22-28)32(25-14-8-5-9-15-25,26-16-10-6-11-17-26)27-18-12-7-13-19-27/h5-19,28H,20-24H2,1-4H3. The molecule has 0 aromatic heterocycles. The fourth-order valence-corrected chi connectivity index (χ4v) is 6.53. The zero-order chi connectivity index (χ0) is 26.1. The monoisotopic (exact) mass is 498 g/mol. The molecule has 0 spiro atoms. The highest BCUT2D eigenvalue weighted by Gasteiger charge is 2.58. The average Bonchev–Trinajstić information content (AvgIpc) is 3.12. The summed E-state index contributed by atoms with van der Waals surface area (Å²) in [4.78, 5) is 18.1. The summed E-state index contributed by atoms with van der Waals surface area (Å²) in [6.07, 6.45) is 1.57. The zero-order valence-corrected chi connectivity index (χ0v) is 22.4. The number of ether oxygens (including phenoxy) is 2. The molecule has 1 amide bonds. The first-order valence-electron chi connectivity index (χ1n) is 13.2. The lowest BCUT2D eigenvalue weighted by Gasteiger charge is -2.55. The van der Waals surface area contributed by atoms with E-state index in [9.17, 15) is 4.79 Å². The van der Waals surface area contributed by atoms with Crippen molar-refractivity contribution in [1.82, 2.24) is 9.80 Å². The molecular formula is C32H38N2O3. The normalized spacial score (nSPS) is 22.2. The number of piperazine rings is 1. The quantitative estimate of drug-likeness (QED) is 0.386. The minimum Gasteiger partial charge on any atom is -0.444 e. The van der Waals surface area contributed by atoms with Gasteiger partial charge in [0.25, 0.3) is 0 Å². The smallest absolute Gasteiger partial charge is 0.411 e. The van der Waals surface area contributed by atoms with Crippen molar-refractivity contribution < 1.29 is 14.3 Å². The summed E-state index contributed by atoms with van der Waals surface area (Å²) in [6.45, 7) is 7.66. The molecule has 2 saturated heterocycles. The summed E-state index contributed by atoms with van der Waals surface area (Å²) >= 11 is 0. The van der Waals surface area contributed by atoms with E-state index in [2.05, 4.69) is 95.9 Å². The van der Waals surface area contributed by atoms with Crippen LogP contribution in [0, 0.1) is 0 Å². The molecule has 2 aliphatic rings. The van der Waals surface area contributed by atoms with Crippen LogP contribution < -0.4 is 0 Å². The van der Waals surface area contributed by atoms with Crippen molar-refractivity contribution >= 4 is 6.09 Å². The number of benzene rings is 3. The molecule has 2 unspecified atom stereocenters. The van der Waals surface area contributed by atoms with E-state index in [4.69, 9.17) is 9.47 Å². The lowest BCUT2D eigenvalue weighted by Crippen LogP contribution is -2.69. The van der Waals surface area contributed by atoms with Gasteiger partial charge < -0.3 is 9.47 Å². The Morgan fingerprint density at radius 1 is 0.865 bits per heavy atom. The third-order valence-electron chi connectivity index (χ3n) is 7.79. The van der Waals surface area contributed by atoms with Crippen molar-refractivity contribution in [1.29, 1.82) is 0 Å². The van der Waals surface area contributed by atoms with Crippen LogP contribution in [0.5, 0.6) is 0 Å². The van der Waals surface area contributed by atoms with Crippen molar-refractivity contribution in [2.45, 2.75) is 56.3 Å². The summed E-state index contributed by atoms with van der Waals surface area (Å²) in [6, 6.07) is 32.3. The van der Waals surface area contributed by atoms with E-state index in [0.717, 1.165) is 19.4 Å². The minimum atomic E-state index is -0.552. The van der Waals surface area contributed by atoms with Crippen LogP contribution in [-0.2, 0) is 15.0 Å². The van der Waals surface area contributed by atoms with Gasteiger partial charge in [-0.25, -0.2) is 4.79 Å². The number of fused-ring (bicyclic) bond motifs is 2. The Morgan fingerprint density at radius 3 is 1.78 bits per heavy atom. The van der Waals surface area contributed by atoms with Crippen molar-refractivity contribution in [3.63, 3.8) is 0 Å². The number of rotatable bonds is 6. The lowest BCUT2D eigenvalue weighted by atomic mass is 9.74. The fourth-order valence-electron chi connectivity index (χ4n) is 6.53. The largest absolute Gasteiger partial charge is 0.444 e. The fraction of sp³-hybridized carbons (Fsp3) is 0.406. The van der Waals surface area contributed by atoms with Gasteiger partial charge in [-0.15, -0.1) is 0 Å². The van der Waals surface area contributed by atoms with Crippen LogP contribution in [0.2, 0.25) is 0 Å². The van der Waals surface area contributed by atoms with Gasteiger partial charge in [-0.2, -0.15) is 0 Å². The van der Waals surface area contributed by atoms with Gasteiger partial charge in [-0.1, -0.05) is 91.0 Å². The van der Waals surface area contributed by atoms with Gasteiger partial charge in [0.05, 0.1) is 17.7 Å². The van der Waals surface area contributed by atoms with Gasteiger partial charge in [0.1, 0.15) is 5.60 Å². The number of methoxy groups -OCH3 is 1. The summed E-state index contributed by atoms with van der Waals surface area (Å²) < 4.78 is 11.7. The van der Waals surface area contributed by atoms with Crippen LogP contribution in [-0.4, -0.2) is 59.9 Å². The molecule has 37 heavy (non-hydrogen) atoms. The average molecular weight is 499 g/mol. The van der Waals surface area contributed by atoms with E-state index in [1.54, 1.807) is 7.11 Å². The van der Waals surface area contributed by atoms with Gasteiger partial charge in [0, 0.05) is 26.2 Å². The van der Waals surface area contributed by atoms with Gasteiger partial charge >= 0.3 is 6.09 Å². The van der Waals surface area contributed by atoms with Gasteiger partial charge in [-0.3, -0.25) is 9.80 Å². The predicted molar refractivity (Wildman–Crippen MR) is 146 cm³/mol. The van der Waals surface area contributed by atoms with Crippen LogP contribution >= 0.6 is 0 Å². The number of likely N-dealkylation sites (tertiary alicyclic amines) is 1. The number of hydrogen-bond donors (Lipinski definition) is 0. The summed E-state index contributed by atoms with van der Waals surface area (Å²) in [5, 5.41) is 0. The molecule has 5 heteroatoms. The number of hydrogen-bond acceptors (Lipinski definition) is 4. The van der Waals surface area contributed by atoms with Gasteiger partial charge in [0.2, 0.25) is 0 Å². The first-order chi connectivity index (χ1) is 17.8. The Balaban J connectivity index is 1.68. The lowest BCUT2D eigenvalue weighted by molar-refractivity contribution is -0.0707. The molecule has 194 valence electrons. The zero-order valence-electron chi connectivity index (χ0n) is 22.4. The van der Waals surface area contributed by atoms with Crippen LogP contribution in [0.15, 0.2) is 91.0 Å². The maximum atomic E-state index is 13.6. The Kier molecular flexibility index (Phi) is 6.86. The molecule has 5 rings (SSSR count). The molecule has 0 saturated carbocycles. The third kappa shape index (κ3) is 4.55. The first-order valence-corrected chi connectivity index (χ1v) is 13.2. The number of amides is 1. The van der Waals surface area contributed by atoms with Gasteiger partial charge in [0.15, 0.2) is 0 Å². The number of nitrogens with zero attached hydrogens (tertiary/aromatic N) is 2. The van der Waals surface area contributed by atoms with Crippen LogP contribution in [0.25, 0.3) is 0 Å². The second kappa shape index (κ2) is 9.96. The van der Waals surface area contributed by atoms with Crippen molar-refractivity contribution in [3.8, 4) is 0 Å². The molecule has 2 heterocycles. The van der Waals surface area contributed by atoms with Crippen molar-refractivity contribution in [2.75, 3.05) is 26.8 Å². The predicted octanol–water partition coefficient (Wildman–Crippen LogP) is 6.08. The van der Waals surface area contributed by atoms with Crippen molar-refractivity contribution in [3.05, 3.63) is 108 Å². The number of carbonyl (C=O) groups is 1. The van der Waals surface area contributed by atoms with Crippen LogP contribution in [0.3, 0.4) is 0 Å². The maximum absolute atomic E-state index is 13.6. The van der Waals surface area contributed by atoms with E-state index >= 15 is 0 Å². The molecule has 5 nitrogen and oxygen atoms in total. The molecule has 3 aromatic carbocycles.